The monoisotopic (exact) mass is 182 g/mol. The van der Waals surface area contributed by atoms with E-state index in [-0.39, 0.29) is 5.82 Å². The van der Waals surface area contributed by atoms with E-state index in [1.54, 1.807) is 12.1 Å². The number of hydrogen-bond acceptors (Lipinski definition) is 2. The molecule has 0 saturated heterocycles. The van der Waals surface area contributed by atoms with Gasteiger partial charge >= 0.3 is 0 Å². The molecule has 2 N–H and O–H groups in total. The molecule has 1 aromatic rings. The molecule has 72 valence electrons. The smallest absolute Gasteiger partial charge is 0.123 e. The summed E-state index contributed by atoms with van der Waals surface area (Å²) in [4.78, 5) is 1.99. The van der Waals surface area contributed by atoms with Gasteiger partial charge in [-0.15, -0.1) is 0 Å². The molecule has 1 rings (SSSR count). The molecule has 0 amide bonds. The van der Waals surface area contributed by atoms with Crippen molar-refractivity contribution in [2.45, 2.75) is 13.1 Å². The predicted molar refractivity (Wildman–Crippen MR) is 51.7 cm³/mol. The molecule has 13 heavy (non-hydrogen) atoms. The van der Waals surface area contributed by atoms with Gasteiger partial charge < -0.3 is 10.6 Å². The van der Waals surface area contributed by atoms with Crippen molar-refractivity contribution in [2.24, 2.45) is 5.73 Å². The largest absolute Gasteiger partial charge is 0.326 e. The Balaban J connectivity index is 2.94. The van der Waals surface area contributed by atoms with Crippen LogP contribution >= 0.6 is 0 Å². The van der Waals surface area contributed by atoms with Crippen LogP contribution in [-0.4, -0.2) is 19.0 Å². The van der Waals surface area contributed by atoms with E-state index < -0.39 is 0 Å². The van der Waals surface area contributed by atoms with Gasteiger partial charge in [-0.05, 0) is 37.4 Å². The molecule has 0 atom stereocenters. The second-order valence-electron chi connectivity index (χ2n) is 3.35. The first-order valence-electron chi connectivity index (χ1n) is 4.25. The lowest BCUT2D eigenvalue weighted by Crippen LogP contribution is -2.13. The van der Waals surface area contributed by atoms with Crippen LogP contribution in [-0.2, 0) is 13.1 Å². The normalized spacial score (nSPS) is 10.8. The highest BCUT2D eigenvalue weighted by Crippen LogP contribution is 2.12. The van der Waals surface area contributed by atoms with E-state index in [4.69, 9.17) is 5.73 Å². The molecule has 0 aliphatic carbocycles. The zero-order valence-electron chi connectivity index (χ0n) is 8.05. The highest BCUT2D eigenvalue weighted by molar-refractivity contribution is 5.27. The van der Waals surface area contributed by atoms with Gasteiger partial charge in [-0.25, -0.2) is 4.39 Å². The van der Waals surface area contributed by atoms with E-state index in [9.17, 15) is 4.39 Å². The van der Waals surface area contributed by atoms with Crippen molar-refractivity contribution in [3.8, 4) is 0 Å². The van der Waals surface area contributed by atoms with Crippen molar-refractivity contribution in [1.82, 2.24) is 4.90 Å². The Kier molecular flexibility index (Phi) is 3.39. The molecular formula is C10H15FN2. The molecule has 0 bridgehead atoms. The molecule has 0 fully saturated rings. The minimum atomic E-state index is -0.200. The molecule has 2 nitrogen and oxygen atoms in total. The van der Waals surface area contributed by atoms with Crippen LogP contribution in [0.25, 0.3) is 0 Å². The third kappa shape index (κ3) is 2.79. The van der Waals surface area contributed by atoms with Gasteiger partial charge in [0.25, 0.3) is 0 Å². The van der Waals surface area contributed by atoms with Crippen molar-refractivity contribution in [3.05, 3.63) is 35.1 Å². The maximum atomic E-state index is 12.9. The van der Waals surface area contributed by atoms with E-state index in [0.717, 1.165) is 17.7 Å². The minimum absolute atomic E-state index is 0.200. The lowest BCUT2D eigenvalue weighted by Gasteiger charge is -2.13. The van der Waals surface area contributed by atoms with Gasteiger partial charge in [0.15, 0.2) is 0 Å². The van der Waals surface area contributed by atoms with Crippen molar-refractivity contribution in [1.29, 1.82) is 0 Å². The summed E-state index contributed by atoms with van der Waals surface area (Å²) >= 11 is 0. The predicted octanol–water partition coefficient (Wildman–Crippen LogP) is 1.35. The fourth-order valence-electron chi connectivity index (χ4n) is 1.28. The van der Waals surface area contributed by atoms with Gasteiger partial charge in [0.05, 0.1) is 0 Å². The fourth-order valence-corrected chi connectivity index (χ4v) is 1.28. The Labute approximate surface area is 78.2 Å². The van der Waals surface area contributed by atoms with Crippen LogP contribution < -0.4 is 5.73 Å². The molecular weight excluding hydrogens is 167 g/mol. The van der Waals surface area contributed by atoms with Gasteiger partial charge in [0.2, 0.25) is 0 Å². The van der Waals surface area contributed by atoms with E-state index in [1.165, 1.54) is 6.07 Å². The summed E-state index contributed by atoms with van der Waals surface area (Å²) in [6.07, 6.45) is 0. The molecule has 0 spiro atoms. The number of nitrogens with zero attached hydrogens (tertiary/aromatic N) is 1. The quantitative estimate of drug-likeness (QED) is 0.764. The SMILES string of the molecule is CN(C)Cc1cc(F)ccc1CN. The van der Waals surface area contributed by atoms with Gasteiger partial charge in [-0.2, -0.15) is 0 Å². The van der Waals surface area contributed by atoms with Gasteiger partial charge in [-0.3, -0.25) is 0 Å². The van der Waals surface area contributed by atoms with Crippen molar-refractivity contribution < 1.29 is 4.39 Å². The van der Waals surface area contributed by atoms with Gasteiger partial charge in [0, 0.05) is 13.1 Å². The van der Waals surface area contributed by atoms with Crippen LogP contribution in [0.3, 0.4) is 0 Å². The minimum Gasteiger partial charge on any atom is -0.326 e. The lowest BCUT2D eigenvalue weighted by molar-refractivity contribution is 0.400. The van der Waals surface area contributed by atoms with Crippen LogP contribution in [0.4, 0.5) is 4.39 Å². The zero-order chi connectivity index (χ0) is 9.84. The molecule has 0 saturated carbocycles. The molecule has 0 radical (unpaired) electrons. The highest BCUT2D eigenvalue weighted by Gasteiger charge is 2.03. The van der Waals surface area contributed by atoms with Gasteiger partial charge in [-0.1, -0.05) is 6.07 Å². The molecule has 3 heteroatoms. The summed E-state index contributed by atoms with van der Waals surface area (Å²) in [5.41, 5.74) is 7.51. The van der Waals surface area contributed by atoms with Gasteiger partial charge in [0.1, 0.15) is 5.82 Å². The Morgan fingerprint density at radius 1 is 1.31 bits per heavy atom. The fraction of sp³-hybridized carbons (Fsp3) is 0.400. The van der Waals surface area contributed by atoms with E-state index in [0.29, 0.717) is 6.54 Å². The topological polar surface area (TPSA) is 29.3 Å². The molecule has 0 unspecified atom stereocenters. The molecule has 1 aromatic carbocycles. The van der Waals surface area contributed by atoms with E-state index in [2.05, 4.69) is 0 Å². The van der Waals surface area contributed by atoms with E-state index in [1.807, 2.05) is 19.0 Å². The summed E-state index contributed by atoms with van der Waals surface area (Å²) in [6, 6.07) is 4.73. The molecule has 0 aliphatic rings. The molecule has 0 aromatic heterocycles. The maximum Gasteiger partial charge on any atom is 0.123 e. The highest BCUT2D eigenvalue weighted by atomic mass is 19.1. The average molecular weight is 182 g/mol. The first kappa shape index (κ1) is 10.2. The van der Waals surface area contributed by atoms with Crippen LogP contribution in [0.15, 0.2) is 18.2 Å². The average Bonchev–Trinajstić information content (AvgIpc) is 2.03. The Morgan fingerprint density at radius 3 is 2.54 bits per heavy atom. The maximum absolute atomic E-state index is 12.9. The third-order valence-corrected chi connectivity index (χ3v) is 1.87. The van der Waals surface area contributed by atoms with Crippen LogP contribution in [0, 0.1) is 5.82 Å². The second kappa shape index (κ2) is 4.35. The summed E-state index contributed by atoms with van der Waals surface area (Å²) in [6.45, 7) is 1.19. The zero-order valence-corrected chi connectivity index (χ0v) is 8.05. The first-order chi connectivity index (χ1) is 6.13. The number of halogens is 1. The summed E-state index contributed by atoms with van der Waals surface area (Å²) in [5, 5.41) is 0. The lowest BCUT2D eigenvalue weighted by atomic mass is 10.1. The Hall–Kier alpha value is -0.930. The number of benzene rings is 1. The summed E-state index contributed by atoms with van der Waals surface area (Å²) in [5.74, 6) is -0.200. The van der Waals surface area contributed by atoms with Crippen molar-refractivity contribution >= 4 is 0 Å². The van der Waals surface area contributed by atoms with Crippen molar-refractivity contribution in [2.75, 3.05) is 14.1 Å². The number of rotatable bonds is 3. The standard InChI is InChI=1S/C10H15FN2/c1-13(2)7-9-5-10(11)4-3-8(9)6-12/h3-5H,6-7,12H2,1-2H3. The van der Waals surface area contributed by atoms with Crippen molar-refractivity contribution in [3.63, 3.8) is 0 Å². The van der Waals surface area contributed by atoms with Crippen LogP contribution in [0.5, 0.6) is 0 Å². The summed E-state index contributed by atoms with van der Waals surface area (Å²) in [7, 11) is 3.90. The van der Waals surface area contributed by atoms with E-state index >= 15 is 0 Å². The Bertz CT molecular complexity index is 284. The third-order valence-electron chi connectivity index (χ3n) is 1.87. The summed E-state index contributed by atoms with van der Waals surface area (Å²) < 4.78 is 12.9. The number of nitrogens with two attached hydrogens (primary N) is 1. The molecule has 0 heterocycles. The first-order valence-corrected chi connectivity index (χ1v) is 4.25. The molecule has 0 aliphatic heterocycles. The van der Waals surface area contributed by atoms with Crippen LogP contribution in [0.2, 0.25) is 0 Å². The van der Waals surface area contributed by atoms with Crippen LogP contribution in [0.1, 0.15) is 11.1 Å². The second-order valence-corrected chi connectivity index (χ2v) is 3.35. The number of hydrogen-bond donors (Lipinski definition) is 1. The Morgan fingerprint density at radius 2 is 2.00 bits per heavy atom.